The van der Waals surface area contributed by atoms with Crippen molar-refractivity contribution < 1.29 is 13.5 Å². The molecule has 1 aromatic heterocycles. The standard InChI is InChI=1S/C13H14FNO2/c1-9(13-4-3-7-17-13)15-12-8-10(16-2)5-6-11(12)14/h3-9,15H,1-2H3. The average molecular weight is 235 g/mol. The second kappa shape index (κ2) is 4.91. The molecule has 0 saturated heterocycles. The van der Waals surface area contributed by atoms with E-state index in [0.717, 1.165) is 5.76 Å². The fraction of sp³-hybridized carbons (Fsp3) is 0.231. The van der Waals surface area contributed by atoms with Crippen molar-refractivity contribution in [2.75, 3.05) is 12.4 Å². The number of methoxy groups -OCH3 is 1. The fourth-order valence-corrected chi connectivity index (χ4v) is 1.58. The summed E-state index contributed by atoms with van der Waals surface area (Å²) < 4.78 is 23.9. The van der Waals surface area contributed by atoms with E-state index in [1.165, 1.54) is 6.07 Å². The Morgan fingerprint density at radius 3 is 2.82 bits per heavy atom. The first kappa shape index (κ1) is 11.5. The Morgan fingerprint density at radius 1 is 1.35 bits per heavy atom. The third kappa shape index (κ3) is 2.58. The second-order valence-corrected chi connectivity index (χ2v) is 3.73. The lowest BCUT2D eigenvalue weighted by Crippen LogP contribution is -2.07. The van der Waals surface area contributed by atoms with E-state index in [2.05, 4.69) is 5.32 Å². The van der Waals surface area contributed by atoms with Gasteiger partial charge >= 0.3 is 0 Å². The van der Waals surface area contributed by atoms with Crippen LogP contribution in [-0.2, 0) is 0 Å². The minimum absolute atomic E-state index is 0.105. The first-order valence-electron chi connectivity index (χ1n) is 5.34. The number of nitrogens with one attached hydrogen (secondary N) is 1. The van der Waals surface area contributed by atoms with Gasteiger partial charge in [0.2, 0.25) is 0 Å². The molecule has 4 heteroatoms. The van der Waals surface area contributed by atoms with E-state index in [1.54, 1.807) is 31.6 Å². The van der Waals surface area contributed by atoms with Crippen LogP contribution in [0.4, 0.5) is 10.1 Å². The van der Waals surface area contributed by atoms with Gasteiger partial charge in [0.05, 0.1) is 25.1 Å². The molecule has 1 unspecified atom stereocenters. The van der Waals surface area contributed by atoms with E-state index in [0.29, 0.717) is 11.4 Å². The van der Waals surface area contributed by atoms with Gasteiger partial charge in [0, 0.05) is 6.07 Å². The van der Waals surface area contributed by atoms with Crippen LogP contribution in [0.2, 0.25) is 0 Å². The maximum Gasteiger partial charge on any atom is 0.146 e. The predicted molar refractivity (Wildman–Crippen MR) is 63.7 cm³/mol. The van der Waals surface area contributed by atoms with Crippen LogP contribution in [0.25, 0.3) is 0 Å². The van der Waals surface area contributed by atoms with Crippen LogP contribution < -0.4 is 10.1 Å². The molecule has 2 aromatic rings. The molecule has 1 atom stereocenters. The molecule has 0 radical (unpaired) electrons. The summed E-state index contributed by atoms with van der Waals surface area (Å²) >= 11 is 0. The molecule has 1 aromatic carbocycles. The second-order valence-electron chi connectivity index (χ2n) is 3.73. The van der Waals surface area contributed by atoms with Crippen LogP contribution in [0, 0.1) is 5.82 Å². The summed E-state index contributed by atoms with van der Waals surface area (Å²) in [4.78, 5) is 0. The zero-order valence-corrected chi connectivity index (χ0v) is 9.74. The van der Waals surface area contributed by atoms with Crippen LogP contribution in [-0.4, -0.2) is 7.11 Å². The van der Waals surface area contributed by atoms with E-state index in [1.807, 2.05) is 13.0 Å². The molecular formula is C13H14FNO2. The molecule has 0 aliphatic carbocycles. The Morgan fingerprint density at radius 2 is 2.18 bits per heavy atom. The van der Waals surface area contributed by atoms with E-state index < -0.39 is 0 Å². The molecule has 1 N–H and O–H groups in total. The molecule has 0 bridgehead atoms. The van der Waals surface area contributed by atoms with Crippen LogP contribution in [0.3, 0.4) is 0 Å². The summed E-state index contributed by atoms with van der Waals surface area (Å²) in [6.07, 6.45) is 1.59. The number of hydrogen-bond acceptors (Lipinski definition) is 3. The van der Waals surface area contributed by atoms with Crippen molar-refractivity contribution >= 4 is 5.69 Å². The Kier molecular flexibility index (Phi) is 3.32. The van der Waals surface area contributed by atoms with Gasteiger partial charge in [-0.05, 0) is 31.2 Å². The lowest BCUT2D eigenvalue weighted by atomic mass is 10.2. The number of ether oxygens (including phenoxy) is 1. The van der Waals surface area contributed by atoms with Crippen LogP contribution in [0.5, 0.6) is 5.75 Å². The normalized spacial score (nSPS) is 12.2. The van der Waals surface area contributed by atoms with Crippen LogP contribution in [0.15, 0.2) is 41.0 Å². The van der Waals surface area contributed by atoms with E-state index in [9.17, 15) is 4.39 Å². The quantitative estimate of drug-likeness (QED) is 0.879. The first-order valence-corrected chi connectivity index (χ1v) is 5.34. The fourth-order valence-electron chi connectivity index (χ4n) is 1.58. The highest BCUT2D eigenvalue weighted by Crippen LogP contribution is 2.25. The van der Waals surface area contributed by atoms with E-state index in [4.69, 9.17) is 9.15 Å². The molecule has 0 aliphatic heterocycles. The Hall–Kier alpha value is -1.97. The van der Waals surface area contributed by atoms with Gasteiger partial charge in [-0.2, -0.15) is 0 Å². The van der Waals surface area contributed by atoms with Crippen molar-refractivity contribution in [3.05, 3.63) is 48.2 Å². The van der Waals surface area contributed by atoms with Gasteiger partial charge < -0.3 is 14.5 Å². The third-order valence-electron chi connectivity index (χ3n) is 2.52. The Labute approximate surface area is 99.2 Å². The number of halogens is 1. The van der Waals surface area contributed by atoms with Gasteiger partial charge in [-0.3, -0.25) is 0 Å². The summed E-state index contributed by atoms with van der Waals surface area (Å²) in [5, 5.41) is 3.04. The van der Waals surface area contributed by atoms with Crippen molar-refractivity contribution in [3.8, 4) is 5.75 Å². The smallest absolute Gasteiger partial charge is 0.146 e. The lowest BCUT2D eigenvalue weighted by Gasteiger charge is -2.14. The van der Waals surface area contributed by atoms with Crippen molar-refractivity contribution in [2.45, 2.75) is 13.0 Å². The molecule has 3 nitrogen and oxygen atoms in total. The zero-order valence-electron chi connectivity index (χ0n) is 9.74. The third-order valence-corrected chi connectivity index (χ3v) is 2.52. The minimum atomic E-state index is -0.316. The van der Waals surface area contributed by atoms with Crippen molar-refractivity contribution in [3.63, 3.8) is 0 Å². The molecule has 0 fully saturated rings. The maximum atomic E-state index is 13.6. The highest BCUT2D eigenvalue weighted by molar-refractivity contribution is 5.50. The number of hydrogen-bond donors (Lipinski definition) is 1. The molecule has 2 rings (SSSR count). The summed E-state index contributed by atoms with van der Waals surface area (Å²) in [6.45, 7) is 1.90. The van der Waals surface area contributed by atoms with Crippen LogP contribution >= 0.6 is 0 Å². The number of anilines is 1. The summed E-state index contributed by atoms with van der Waals surface area (Å²) in [5.41, 5.74) is 0.397. The Balaban J connectivity index is 2.18. The van der Waals surface area contributed by atoms with Crippen molar-refractivity contribution in [2.24, 2.45) is 0 Å². The SMILES string of the molecule is COc1ccc(F)c(NC(C)c2ccco2)c1. The van der Waals surface area contributed by atoms with Gasteiger partial charge in [-0.15, -0.1) is 0 Å². The molecule has 0 aliphatic rings. The van der Waals surface area contributed by atoms with Gasteiger partial charge in [-0.1, -0.05) is 0 Å². The molecule has 0 saturated carbocycles. The first-order chi connectivity index (χ1) is 8.20. The topological polar surface area (TPSA) is 34.4 Å². The summed E-state index contributed by atoms with van der Waals surface area (Å²) in [7, 11) is 1.55. The highest BCUT2D eigenvalue weighted by Gasteiger charge is 2.11. The van der Waals surface area contributed by atoms with Crippen molar-refractivity contribution in [1.82, 2.24) is 0 Å². The van der Waals surface area contributed by atoms with Gasteiger partial charge in [-0.25, -0.2) is 4.39 Å². The predicted octanol–water partition coefficient (Wildman–Crippen LogP) is 3.60. The molecule has 1 heterocycles. The molecule has 17 heavy (non-hydrogen) atoms. The van der Waals surface area contributed by atoms with Gasteiger partial charge in [0.25, 0.3) is 0 Å². The summed E-state index contributed by atoms with van der Waals surface area (Å²) in [6, 6.07) is 8.11. The molecule has 90 valence electrons. The average Bonchev–Trinajstić information content (AvgIpc) is 2.85. The van der Waals surface area contributed by atoms with Gasteiger partial charge in [0.1, 0.15) is 17.3 Å². The van der Waals surface area contributed by atoms with E-state index in [-0.39, 0.29) is 11.9 Å². The lowest BCUT2D eigenvalue weighted by molar-refractivity contribution is 0.414. The van der Waals surface area contributed by atoms with E-state index >= 15 is 0 Å². The number of rotatable bonds is 4. The van der Waals surface area contributed by atoms with Gasteiger partial charge in [0.15, 0.2) is 0 Å². The monoisotopic (exact) mass is 235 g/mol. The maximum absolute atomic E-state index is 13.6. The van der Waals surface area contributed by atoms with Crippen molar-refractivity contribution in [1.29, 1.82) is 0 Å². The zero-order chi connectivity index (χ0) is 12.3. The summed E-state index contributed by atoms with van der Waals surface area (Å²) in [5.74, 6) is 1.05. The number of benzene rings is 1. The highest BCUT2D eigenvalue weighted by atomic mass is 19.1. The molecular weight excluding hydrogens is 221 g/mol. The largest absolute Gasteiger partial charge is 0.497 e. The van der Waals surface area contributed by atoms with Crippen LogP contribution in [0.1, 0.15) is 18.7 Å². The Bertz CT molecular complexity index is 482. The molecule has 0 amide bonds. The minimum Gasteiger partial charge on any atom is -0.497 e. The number of furan rings is 1. The molecule has 0 spiro atoms.